The van der Waals surface area contributed by atoms with Crippen molar-refractivity contribution in [3.8, 4) is 0 Å². The van der Waals surface area contributed by atoms with Gasteiger partial charge in [0.2, 0.25) is 0 Å². The summed E-state index contributed by atoms with van der Waals surface area (Å²) < 4.78 is 26.8. The Hall–Kier alpha value is -0.670. The lowest BCUT2D eigenvalue weighted by molar-refractivity contribution is -0.151. The zero-order valence-corrected chi connectivity index (χ0v) is 10.8. The molecule has 2 nitrogen and oxygen atoms in total. The predicted octanol–water partition coefficient (Wildman–Crippen LogP) is 3.12. The summed E-state index contributed by atoms with van der Waals surface area (Å²) in [6.07, 6.45) is 6.10. The van der Waals surface area contributed by atoms with Crippen molar-refractivity contribution in [3.05, 3.63) is 0 Å². The molecule has 4 saturated carbocycles. The van der Waals surface area contributed by atoms with Crippen LogP contribution >= 0.6 is 0 Å². The maximum atomic E-state index is 13.4. The molecule has 1 amide bonds. The first-order valence-corrected chi connectivity index (χ1v) is 7.13. The van der Waals surface area contributed by atoms with E-state index in [0.717, 1.165) is 19.3 Å². The lowest BCUT2D eigenvalue weighted by atomic mass is 9.53. The highest BCUT2D eigenvalue weighted by molar-refractivity contribution is 5.84. The first-order chi connectivity index (χ1) is 8.42. The number of hydrogen-bond acceptors (Lipinski definition) is 1. The van der Waals surface area contributed by atoms with Gasteiger partial charge in [-0.2, -0.15) is 8.78 Å². The highest BCUT2D eigenvalue weighted by atomic mass is 19.3. The summed E-state index contributed by atoms with van der Waals surface area (Å²) in [4.78, 5) is 11.7. The van der Waals surface area contributed by atoms with E-state index in [0.29, 0.717) is 17.8 Å². The number of nitrogens with one attached hydrogen (secondary N) is 1. The third-order valence-corrected chi connectivity index (χ3v) is 5.19. The van der Waals surface area contributed by atoms with Gasteiger partial charge in [0.05, 0.1) is 0 Å². The average molecular weight is 257 g/mol. The molecule has 18 heavy (non-hydrogen) atoms. The van der Waals surface area contributed by atoms with Crippen LogP contribution in [0.25, 0.3) is 0 Å². The molecule has 0 saturated heterocycles. The fourth-order valence-electron chi connectivity index (χ4n) is 4.76. The highest BCUT2D eigenvalue weighted by Crippen LogP contribution is 2.55. The van der Waals surface area contributed by atoms with Crippen LogP contribution in [0.4, 0.5) is 8.78 Å². The van der Waals surface area contributed by atoms with Gasteiger partial charge < -0.3 is 5.32 Å². The highest BCUT2D eigenvalue weighted by Gasteiger charge is 2.53. The summed E-state index contributed by atoms with van der Waals surface area (Å²) in [6.45, 7) is 1.36. The van der Waals surface area contributed by atoms with Crippen LogP contribution in [0.15, 0.2) is 0 Å². The molecule has 0 heterocycles. The van der Waals surface area contributed by atoms with Gasteiger partial charge in [-0.3, -0.25) is 4.79 Å². The van der Waals surface area contributed by atoms with Gasteiger partial charge in [0.1, 0.15) is 0 Å². The van der Waals surface area contributed by atoms with Crippen molar-refractivity contribution >= 4 is 5.91 Å². The van der Waals surface area contributed by atoms with Crippen LogP contribution in [-0.2, 0) is 4.79 Å². The second kappa shape index (κ2) is 3.91. The molecule has 0 aliphatic heterocycles. The molecule has 4 rings (SSSR count). The summed E-state index contributed by atoms with van der Waals surface area (Å²) in [5.74, 6) is -2.28. The zero-order chi connectivity index (χ0) is 13.0. The van der Waals surface area contributed by atoms with E-state index in [1.165, 1.54) is 26.2 Å². The van der Waals surface area contributed by atoms with Crippen molar-refractivity contribution in [1.82, 2.24) is 5.32 Å². The molecule has 0 aromatic heterocycles. The van der Waals surface area contributed by atoms with Crippen molar-refractivity contribution in [2.75, 3.05) is 0 Å². The fraction of sp³-hybridized carbons (Fsp3) is 0.929. The Morgan fingerprint density at radius 2 is 1.61 bits per heavy atom. The van der Waals surface area contributed by atoms with E-state index in [1.807, 2.05) is 0 Å². The maximum Gasteiger partial charge on any atom is 0.324 e. The standard InChI is InChI=1S/C14H21F2NO/c1-2-14(15,16)12(18)17-13-6-9-3-10(7-13)5-11(4-9)8-13/h9-11H,2-8H2,1H3,(H,17,18). The van der Waals surface area contributed by atoms with Crippen LogP contribution in [0, 0.1) is 17.8 Å². The molecule has 4 fully saturated rings. The van der Waals surface area contributed by atoms with Gasteiger partial charge in [0, 0.05) is 12.0 Å². The molecule has 4 aliphatic carbocycles. The van der Waals surface area contributed by atoms with Gasteiger partial charge in [0.25, 0.3) is 5.91 Å². The first-order valence-electron chi connectivity index (χ1n) is 7.13. The second-order valence-electron chi connectivity index (χ2n) is 6.71. The molecule has 0 spiro atoms. The minimum Gasteiger partial charge on any atom is -0.345 e. The Bertz CT molecular complexity index is 332. The van der Waals surface area contributed by atoms with Crippen LogP contribution in [0.1, 0.15) is 51.9 Å². The molecule has 1 N–H and O–H groups in total. The average Bonchev–Trinajstić information content (AvgIpc) is 2.26. The Kier molecular flexibility index (Phi) is 2.69. The van der Waals surface area contributed by atoms with Gasteiger partial charge in [-0.05, 0) is 56.3 Å². The lowest BCUT2D eigenvalue weighted by Gasteiger charge is -2.57. The van der Waals surface area contributed by atoms with Crippen molar-refractivity contribution in [1.29, 1.82) is 0 Å². The van der Waals surface area contributed by atoms with Gasteiger partial charge in [0.15, 0.2) is 0 Å². The van der Waals surface area contributed by atoms with Gasteiger partial charge in [-0.1, -0.05) is 6.92 Å². The SMILES string of the molecule is CCC(F)(F)C(=O)NC12CC3CC(CC(C3)C1)C2. The number of rotatable bonds is 3. The van der Waals surface area contributed by atoms with Crippen molar-refractivity contribution in [3.63, 3.8) is 0 Å². The summed E-state index contributed by atoms with van der Waals surface area (Å²) >= 11 is 0. The number of amides is 1. The molecule has 4 heteroatoms. The normalized spacial score (nSPS) is 42.1. The number of carbonyl (C=O) groups is 1. The molecule has 0 aromatic carbocycles. The van der Waals surface area contributed by atoms with E-state index in [4.69, 9.17) is 0 Å². The van der Waals surface area contributed by atoms with Crippen LogP contribution < -0.4 is 5.32 Å². The molecule has 0 atom stereocenters. The fourth-order valence-corrected chi connectivity index (χ4v) is 4.76. The molecular weight excluding hydrogens is 236 g/mol. The third-order valence-electron chi connectivity index (χ3n) is 5.19. The molecule has 0 unspecified atom stereocenters. The number of hydrogen-bond donors (Lipinski definition) is 1. The number of alkyl halides is 2. The van der Waals surface area contributed by atoms with E-state index in [-0.39, 0.29) is 5.54 Å². The van der Waals surface area contributed by atoms with E-state index < -0.39 is 18.3 Å². The monoisotopic (exact) mass is 257 g/mol. The third kappa shape index (κ3) is 1.94. The number of carbonyl (C=O) groups excluding carboxylic acids is 1. The van der Waals surface area contributed by atoms with E-state index >= 15 is 0 Å². The molecule has 0 aromatic rings. The van der Waals surface area contributed by atoms with Gasteiger partial charge in [-0.25, -0.2) is 0 Å². The van der Waals surface area contributed by atoms with Crippen molar-refractivity contribution < 1.29 is 13.6 Å². The largest absolute Gasteiger partial charge is 0.345 e. The Balaban J connectivity index is 1.74. The van der Waals surface area contributed by atoms with E-state index in [2.05, 4.69) is 5.32 Å². The van der Waals surface area contributed by atoms with Crippen LogP contribution in [0.3, 0.4) is 0 Å². The van der Waals surface area contributed by atoms with Gasteiger partial charge >= 0.3 is 5.92 Å². The summed E-state index contributed by atoms with van der Waals surface area (Å²) in [5, 5.41) is 2.73. The van der Waals surface area contributed by atoms with E-state index in [1.54, 1.807) is 0 Å². The van der Waals surface area contributed by atoms with Crippen LogP contribution in [0.5, 0.6) is 0 Å². The summed E-state index contributed by atoms with van der Waals surface area (Å²) in [6, 6.07) is 0. The maximum absolute atomic E-state index is 13.4. The van der Waals surface area contributed by atoms with Gasteiger partial charge in [-0.15, -0.1) is 0 Å². The Morgan fingerprint density at radius 3 is 2.00 bits per heavy atom. The van der Waals surface area contributed by atoms with Crippen LogP contribution in [-0.4, -0.2) is 17.4 Å². The predicted molar refractivity (Wildman–Crippen MR) is 64.3 cm³/mol. The Morgan fingerprint density at radius 1 is 1.17 bits per heavy atom. The summed E-state index contributed by atoms with van der Waals surface area (Å²) in [7, 11) is 0. The molecule has 4 aliphatic rings. The van der Waals surface area contributed by atoms with Crippen LogP contribution in [0.2, 0.25) is 0 Å². The minimum atomic E-state index is -3.21. The van der Waals surface area contributed by atoms with Crippen molar-refractivity contribution in [2.45, 2.75) is 63.3 Å². The second-order valence-corrected chi connectivity index (χ2v) is 6.71. The zero-order valence-electron chi connectivity index (χ0n) is 10.8. The lowest BCUT2D eigenvalue weighted by Crippen LogP contribution is -2.62. The summed E-state index contributed by atoms with van der Waals surface area (Å²) in [5.41, 5.74) is -0.301. The molecular formula is C14H21F2NO. The molecule has 0 radical (unpaired) electrons. The molecule has 4 bridgehead atoms. The van der Waals surface area contributed by atoms with Crippen molar-refractivity contribution in [2.24, 2.45) is 17.8 Å². The minimum absolute atomic E-state index is 0.301. The quantitative estimate of drug-likeness (QED) is 0.827. The smallest absolute Gasteiger partial charge is 0.324 e. The number of halogens is 2. The molecule has 102 valence electrons. The first kappa shape index (κ1) is 12.4. The topological polar surface area (TPSA) is 29.1 Å². The Labute approximate surface area is 107 Å². The van der Waals surface area contributed by atoms with E-state index in [9.17, 15) is 13.6 Å².